The van der Waals surface area contributed by atoms with Crippen LogP contribution in [0.25, 0.3) is 22.6 Å². The van der Waals surface area contributed by atoms with Crippen LogP contribution in [0.5, 0.6) is 0 Å². The van der Waals surface area contributed by atoms with Gasteiger partial charge in [0, 0.05) is 6.20 Å². The van der Waals surface area contributed by atoms with Crippen molar-refractivity contribution in [3.63, 3.8) is 0 Å². The van der Waals surface area contributed by atoms with Crippen molar-refractivity contribution in [3.8, 4) is 11.5 Å². The van der Waals surface area contributed by atoms with Gasteiger partial charge in [-0.05, 0) is 24.3 Å². The molecule has 5 nitrogen and oxygen atoms in total. The highest BCUT2D eigenvalue weighted by molar-refractivity contribution is 5.85. The predicted octanol–water partition coefficient (Wildman–Crippen LogP) is 2.59. The largest absolute Gasteiger partial charge is 0.477 e. The monoisotopic (exact) mass is 240 g/mol. The van der Waals surface area contributed by atoms with Crippen LogP contribution in [0.4, 0.5) is 0 Å². The van der Waals surface area contributed by atoms with E-state index in [1.807, 2.05) is 24.3 Å². The molecular formula is C13H8N2O3. The number of aromatic nitrogens is 2. The average Bonchev–Trinajstić information content (AvgIpc) is 2.82. The zero-order valence-corrected chi connectivity index (χ0v) is 9.20. The molecular weight excluding hydrogens is 232 g/mol. The van der Waals surface area contributed by atoms with Gasteiger partial charge in [0.15, 0.2) is 5.58 Å². The highest BCUT2D eigenvalue weighted by Gasteiger charge is 2.09. The number of carboxylic acids is 1. The third-order valence-corrected chi connectivity index (χ3v) is 2.52. The first-order valence-electron chi connectivity index (χ1n) is 5.29. The van der Waals surface area contributed by atoms with Crippen LogP contribution in [-0.4, -0.2) is 21.0 Å². The third kappa shape index (κ3) is 1.71. The summed E-state index contributed by atoms with van der Waals surface area (Å²) in [6.07, 6.45) is 1.44. The molecule has 0 aliphatic rings. The van der Waals surface area contributed by atoms with Crippen molar-refractivity contribution in [1.82, 2.24) is 9.97 Å². The van der Waals surface area contributed by atoms with Crippen LogP contribution in [0, 0.1) is 0 Å². The van der Waals surface area contributed by atoms with Crippen LogP contribution in [-0.2, 0) is 0 Å². The third-order valence-electron chi connectivity index (χ3n) is 2.52. The van der Waals surface area contributed by atoms with E-state index in [0.29, 0.717) is 17.0 Å². The van der Waals surface area contributed by atoms with E-state index in [1.165, 1.54) is 12.3 Å². The zero-order chi connectivity index (χ0) is 12.5. The second kappa shape index (κ2) is 3.96. The first-order valence-corrected chi connectivity index (χ1v) is 5.29. The van der Waals surface area contributed by atoms with Gasteiger partial charge in [-0.25, -0.2) is 14.8 Å². The molecule has 1 N–H and O–H groups in total. The molecule has 5 heteroatoms. The summed E-state index contributed by atoms with van der Waals surface area (Å²) in [5.74, 6) is -0.625. The van der Waals surface area contributed by atoms with Gasteiger partial charge in [-0.3, -0.25) is 0 Å². The Morgan fingerprint density at radius 2 is 2.00 bits per heavy atom. The van der Waals surface area contributed by atoms with Crippen molar-refractivity contribution < 1.29 is 14.3 Å². The zero-order valence-electron chi connectivity index (χ0n) is 9.20. The number of aromatic carboxylic acids is 1. The standard InChI is InChI=1S/C13H8N2O3/c16-13(17)10-6-5-8(7-14-10)12-15-9-3-1-2-4-11(9)18-12/h1-7H,(H,16,17). The molecule has 0 fully saturated rings. The van der Waals surface area contributed by atoms with Gasteiger partial charge in [0.25, 0.3) is 0 Å². The van der Waals surface area contributed by atoms with Gasteiger partial charge < -0.3 is 9.52 Å². The topological polar surface area (TPSA) is 76.2 Å². The molecule has 0 atom stereocenters. The quantitative estimate of drug-likeness (QED) is 0.745. The Balaban J connectivity index is 2.06. The lowest BCUT2D eigenvalue weighted by Gasteiger charge is -1.95. The van der Waals surface area contributed by atoms with E-state index < -0.39 is 5.97 Å². The highest BCUT2D eigenvalue weighted by atomic mass is 16.4. The van der Waals surface area contributed by atoms with Crippen LogP contribution < -0.4 is 0 Å². The van der Waals surface area contributed by atoms with Crippen molar-refractivity contribution in [2.24, 2.45) is 0 Å². The van der Waals surface area contributed by atoms with Gasteiger partial charge in [0.05, 0.1) is 5.56 Å². The summed E-state index contributed by atoms with van der Waals surface area (Å²) in [5, 5.41) is 8.76. The van der Waals surface area contributed by atoms with Crippen molar-refractivity contribution in [3.05, 3.63) is 48.3 Å². The molecule has 0 saturated heterocycles. The molecule has 0 amide bonds. The molecule has 1 aromatic carbocycles. The number of hydrogen-bond donors (Lipinski definition) is 1. The molecule has 0 unspecified atom stereocenters. The molecule has 0 spiro atoms. The molecule has 2 heterocycles. The lowest BCUT2D eigenvalue weighted by Crippen LogP contribution is -1.99. The number of para-hydroxylation sites is 2. The van der Waals surface area contributed by atoms with Gasteiger partial charge in [0.2, 0.25) is 5.89 Å². The van der Waals surface area contributed by atoms with E-state index in [4.69, 9.17) is 9.52 Å². The number of fused-ring (bicyclic) bond motifs is 1. The van der Waals surface area contributed by atoms with E-state index in [2.05, 4.69) is 9.97 Å². The van der Waals surface area contributed by atoms with Gasteiger partial charge in [-0.2, -0.15) is 0 Å². The Labute approximate surface area is 102 Å². The number of hydrogen-bond acceptors (Lipinski definition) is 4. The van der Waals surface area contributed by atoms with E-state index in [1.54, 1.807) is 6.07 Å². The smallest absolute Gasteiger partial charge is 0.354 e. The van der Waals surface area contributed by atoms with Crippen molar-refractivity contribution in [2.75, 3.05) is 0 Å². The Morgan fingerprint density at radius 1 is 1.17 bits per heavy atom. The minimum absolute atomic E-state index is 0.00476. The summed E-state index contributed by atoms with van der Waals surface area (Å²) in [4.78, 5) is 18.8. The molecule has 0 saturated carbocycles. The average molecular weight is 240 g/mol. The number of benzene rings is 1. The maximum absolute atomic E-state index is 10.7. The number of rotatable bonds is 2. The molecule has 3 rings (SSSR count). The first kappa shape index (κ1) is 10.5. The van der Waals surface area contributed by atoms with E-state index in [-0.39, 0.29) is 5.69 Å². The van der Waals surface area contributed by atoms with Crippen molar-refractivity contribution >= 4 is 17.1 Å². The van der Waals surface area contributed by atoms with Crippen molar-refractivity contribution in [2.45, 2.75) is 0 Å². The maximum atomic E-state index is 10.7. The second-order valence-electron chi connectivity index (χ2n) is 3.72. The summed E-state index contributed by atoms with van der Waals surface area (Å²) >= 11 is 0. The lowest BCUT2D eigenvalue weighted by atomic mass is 10.2. The Hall–Kier alpha value is -2.69. The van der Waals surface area contributed by atoms with E-state index in [9.17, 15) is 4.79 Å². The van der Waals surface area contributed by atoms with Crippen LogP contribution in [0.1, 0.15) is 10.5 Å². The van der Waals surface area contributed by atoms with Crippen LogP contribution in [0.2, 0.25) is 0 Å². The highest BCUT2D eigenvalue weighted by Crippen LogP contribution is 2.23. The van der Waals surface area contributed by atoms with Crippen LogP contribution in [0.15, 0.2) is 47.0 Å². The number of carboxylic acid groups (broad SMARTS) is 1. The van der Waals surface area contributed by atoms with E-state index >= 15 is 0 Å². The van der Waals surface area contributed by atoms with E-state index in [0.717, 1.165) is 5.52 Å². The maximum Gasteiger partial charge on any atom is 0.354 e. The lowest BCUT2D eigenvalue weighted by molar-refractivity contribution is 0.0690. The Morgan fingerprint density at radius 3 is 2.67 bits per heavy atom. The summed E-state index contributed by atoms with van der Waals surface area (Å²) < 4.78 is 5.56. The number of nitrogens with zero attached hydrogens (tertiary/aromatic N) is 2. The number of oxazole rings is 1. The predicted molar refractivity (Wildman–Crippen MR) is 64.2 cm³/mol. The van der Waals surface area contributed by atoms with Gasteiger partial charge >= 0.3 is 5.97 Å². The molecule has 0 aliphatic carbocycles. The summed E-state index contributed by atoms with van der Waals surface area (Å²) in [7, 11) is 0. The van der Waals surface area contributed by atoms with Gasteiger partial charge in [-0.15, -0.1) is 0 Å². The summed E-state index contributed by atoms with van der Waals surface area (Å²) in [5.41, 5.74) is 2.09. The normalized spacial score (nSPS) is 10.7. The van der Waals surface area contributed by atoms with Crippen LogP contribution in [0.3, 0.4) is 0 Å². The first-order chi connectivity index (χ1) is 8.74. The van der Waals surface area contributed by atoms with Crippen LogP contribution >= 0.6 is 0 Å². The van der Waals surface area contributed by atoms with Gasteiger partial charge in [-0.1, -0.05) is 12.1 Å². The summed E-state index contributed by atoms with van der Waals surface area (Å²) in [6.45, 7) is 0. The number of carbonyl (C=O) groups is 1. The molecule has 3 aromatic rings. The SMILES string of the molecule is O=C(O)c1ccc(-c2nc3ccccc3o2)cn1. The van der Waals surface area contributed by atoms with Gasteiger partial charge in [0.1, 0.15) is 11.2 Å². The minimum atomic E-state index is -1.06. The molecule has 88 valence electrons. The van der Waals surface area contributed by atoms with Crippen molar-refractivity contribution in [1.29, 1.82) is 0 Å². The number of pyridine rings is 1. The Bertz CT molecular complexity index is 683. The molecule has 0 radical (unpaired) electrons. The fraction of sp³-hybridized carbons (Fsp3) is 0. The fourth-order valence-corrected chi connectivity index (χ4v) is 1.64. The minimum Gasteiger partial charge on any atom is -0.477 e. The fourth-order valence-electron chi connectivity index (χ4n) is 1.64. The Kier molecular flexibility index (Phi) is 2.30. The molecule has 0 aliphatic heterocycles. The second-order valence-corrected chi connectivity index (χ2v) is 3.72. The summed E-state index contributed by atoms with van der Waals surface area (Å²) in [6, 6.07) is 10.5. The molecule has 0 bridgehead atoms. The molecule has 18 heavy (non-hydrogen) atoms. The molecule has 2 aromatic heterocycles.